The van der Waals surface area contributed by atoms with Crippen molar-refractivity contribution in [1.82, 2.24) is 9.80 Å². The minimum Gasteiger partial charge on any atom is -0.496 e. The van der Waals surface area contributed by atoms with Crippen molar-refractivity contribution >= 4 is 11.8 Å². The van der Waals surface area contributed by atoms with Gasteiger partial charge in [0.25, 0.3) is 0 Å². The van der Waals surface area contributed by atoms with Crippen LogP contribution in [0.2, 0.25) is 0 Å². The quantitative estimate of drug-likeness (QED) is 0.853. The van der Waals surface area contributed by atoms with Gasteiger partial charge in [-0.1, -0.05) is 19.1 Å². The van der Waals surface area contributed by atoms with Gasteiger partial charge < -0.3 is 14.5 Å². The van der Waals surface area contributed by atoms with Crippen LogP contribution in [-0.2, 0) is 16.0 Å². The molecule has 1 fully saturated rings. The molecule has 23 heavy (non-hydrogen) atoms. The van der Waals surface area contributed by atoms with Gasteiger partial charge in [0.1, 0.15) is 5.75 Å². The highest BCUT2D eigenvalue weighted by atomic mass is 16.5. The Kier molecular flexibility index (Phi) is 6.02. The van der Waals surface area contributed by atoms with Gasteiger partial charge in [0, 0.05) is 32.6 Å². The fourth-order valence-electron chi connectivity index (χ4n) is 2.98. The number of benzene rings is 1. The summed E-state index contributed by atoms with van der Waals surface area (Å²) in [5, 5.41) is 0. The van der Waals surface area contributed by atoms with E-state index in [2.05, 4.69) is 0 Å². The molecule has 0 unspecified atom stereocenters. The molecule has 2 rings (SSSR count). The van der Waals surface area contributed by atoms with E-state index in [1.807, 2.05) is 41.8 Å². The lowest BCUT2D eigenvalue weighted by atomic mass is 10.1. The largest absolute Gasteiger partial charge is 0.496 e. The van der Waals surface area contributed by atoms with Crippen molar-refractivity contribution < 1.29 is 14.3 Å². The number of hydrogen-bond donors (Lipinski definition) is 0. The standard InChI is InChI=1S/C18H26N2O3/c1-4-17(21)19-8-5-9-20(11-10-19)18(22)13-15-6-7-16(23-3)14(2)12-15/h6-7,12H,4-5,8-11,13H2,1-3H3. The van der Waals surface area contributed by atoms with Crippen LogP contribution in [-0.4, -0.2) is 54.9 Å². The predicted octanol–water partition coefficient (Wildman–Crippen LogP) is 2.02. The molecule has 0 radical (unpaired) electrons. The number of carbonyl (C=O) groups is 2. The molecule has 1 saturated heterocycles. The van der Waals surface area contributed by atoms with Crippen molar-refractivity contribution in [3.8, 4) is 5.75 Å². The van der Waals surface area contributed by atoms with Gasteiger partial charge in [-0.15, -0.1) is 0 Å². The number of ether oxygens (including phenoxy) is 1. The number of nitrogens with zero attached hydrogens (tertiary/aromatic N) is 2. The lowest BCUT2D eigenvalue weighted by molar-refractivity contribution is -0.133. The van der Waals surface area contributed by atoms with Crippen LogP contribution >= 0.6 is 0 Å². The third-order valence-corrected chi connectivity index (χ3v) is 4.32. The van der Waals surface area contributed by atoms with Crippen LogP contribution in [0.1, 0.15) is 30.9 Å². The lowest BCUT2D eigenvalue weighted by Crippen LogP contribution is -2.37. The molecule has 1 aromatic rings. The molecule has 0 saturated carbocycles. The first-order chi connectivity index (χ1) is 11.0. The molecule has 126 valence electrons. The molecule has 2 amide bonds. The Morgan fingerprint density at radius 2 is 1.74 bits per heavy atom. The zero-order valence-electron chi connectivity index (χ0n) is 14.3. The summed E-state index contributed by atoms with van der Waals surface area (Å²) in [6.07, 6.45) is 1.77. The summed E-state index contributed by atoms with van der Waals surface area (Å²) < 4.78 is 5.25. The summed E-state index contributed by atoms with van der Waals surface area (Å²) in [7, 11) is 1.65. The second-order valence-corrected chi connectivity index (χ2v) is 5.95. The Labute approximate surface area is 138 Å². The van der Waals surface area contributed by atoms with Crippen LogP contribution in [0, 0.1) is 6.92 Å². The Morgan fingerprint density at radius 1 is 1.09 bits per heavy atom. The summed E-state index contributed by atoms with van der Waals surface area (Å²) in [4.78, 5) is 28.1. The van der Waals surface area contributed by atoms with E-state index in [9.17, 15) is 9.59 Å². The summed E-state index contributed by atoms with van der Waals surface area (Å²) >= 11 is 0. The van der Waals surface area contributed by atoms with Crippen LogP contribution in [0.3, 0.4) is 0 Å². The highest BCUT2D eigenvalue weighted by molar-refractivity contribution is 5.79. The minimum atomic E-state index is 0.125. The molecular formula is C18H26N2O3. The molecule has 1 heterocycles. The van der Waals surface area contributed by atoms with Crippen molar-refractivity contribution in [2.24, 2.45) is 0 Å². The molecule has 0 bridgehead atoms. The summed E-state index contributed by atoms with van der Waals surface area (Å²) in [5.74, 6) is 1.13. The second-order valence-electron chi connectivity index (χ2n) is 5.95. The fraction of sp³-hybridized carbons (Fsp3) is 0.556. The fourth-order valence-corrected chi connectivity index (χ4v) is 2.98. The molecule has 0 N–H and O–H groups in total. The SMILES string of the molecule is CCC(=O)N1CCCN(C(=O)Cc2ccc(OC)c(C)c2)CC1. The van der Waals surface area contributed by atoms with E-state index in [0.29, 0.717) is 25.9 Å². The molecule has 5 heteroatoms. The molecule has 5 nitrogen and oxygen atoms in total. The van der Waals surface area contributed by atoms with Crippen molar-refractivity contribution in [1.29, 1.82) is 0 Å². The zero-order chi connectivity index (χ0) is 16.8. The van der Waals surface area contributed by atoms with E-state index < -0.39 is 0 Å². The number of hydrogen-bond acceptors (Lipinski definition) is 3. The van der Waals surface area contributed by atoms with Crippen molar-refractivity contribution in [2.45, 2.75) is 33.1 Å². The van der Waals surface area contributed by atoms with E-state index in [1.54, 1.807) is 7.11 Å². The van der Waals surface area contributed by atoms with Crippen LogP contribution in [0.5, 0.6) is 5.75 Å². The van der Waals surface area contributed by atoms with Crippen LogP contribution < -0.4 is 4.74 Å². The summed E-state index contributed by atoms with van der Waals surface area (Å²) in [6, 6.07) is 5.85. The molecule has 0 aromatic heterocycles. The van der Waals surface area contributed by atoms with E-state index in [0.717, 1.165) is 36.4 Å². The lowest BCUT2D eigenvalue weighted by Gasteiger charge is -2.22. The number of methoxy groups -OCH3 is 1. The molecule has 1 aliphatic rings. The van der Waals surface area contributed by atoms with Gasteiger partial charge in [-0.2, -0.15) is 0 Å². The van der Waals surface area contributed by atoms with E-state index >= 15 is 0 Å². The van der Waals surface area contributed by atoms with Crippen LogP contribution in [0.4, 0.5) is 0 Å². The van der Waals surface area contributed by atoms with Gasteiger partial charge >= 0.3 is 0 Å². The van der Waals surface area contributed by atoms with Gasteiger partial charge in [0.2, 0.25) is 11.8 Å². The maximum Gasteiger partial charge on any atom is 0.227 e. The molecule has 0 spiro atoms. The Morgan fingerprint density at radius 3 is 2.30 bits per heavy atom. The predicted molar refractivity (Wildman–Crippen MR) is 89.5 cm³/mol. The smallest absolute Gasteiger partial charge is 0.227 e. The first kappa shape index (κ1) is 17.3. The second kappa shape index (κ2) is 7.99. The molecule has 1 aliphatic heterocycles. The van der Waals surface area contributed by atoms with Crippen molar-refractivity contribution in [2.75, 3.05) is 33.3 Å². The minimum absolute atomic E-state index is 0.125. The van der Waals surface area contributed by atoms with Gasteiger partial charge in [0.15, 0.2) is 0 Å². The Bertz CT molecular complexity index is 571. The average Bonchev–Trinajstić information content (AvgIpc) is 2.80. The van der Waals surface area contributed by atoms with Crippen LogP contribution in [0.15, 0.2) is 18.2 Å². The number of carbonyl (C=O) groups excluding carboxylic acids is 2. The molecule has 0 aliphatic carbocycles. The van der Waals surface area contributed by atoms with Gasteiger partial charge in [-0.05, 0) is 30.5 Å². The Hall–Kier alpha value is -2.04. The number of amides is 2. The summed E-state index contributed by atoms with van der Waals surface area (Å²) in [5.41, 5.74) is 2.03. The van der Waals surface area contributed by atoms with Gasteiger partial charge in [-0.3, -0.25) is 9.59 Å². The first-order valence-corrected chi connectivity index (χ1v) is 8.24. The monoisotopic (exact) mass is 318 g/mol. The third kappa shape index (κ3) is 4.47. The van der Waals surface area contributed by atoms with E-state index in [-0.39, 0.29) is 11.8 Å². The zero-order valence-corrected chi connectivity index (χ0v) is 14.3. The van der Waals surface area contributed by atoms with Crippen molar-refractivity contribution in [3.63, 3.8) is 0 Å². The highest BCUT2D eigenvalue weighted by Gasteiger charge is 2.21. The Balaban J connectivity index is 1.95. The maximum absolute atomic E-state index is 12.5. The van der Waals surface area contributed by atoms with Crippen LogP contribution in [0.25, 0.3) is 0 Å². The molecule has 0 atom stereocenters. The molecular weight excluding hydrogens is 292 g/mol. The van der Waals surface area contributed by atoms with Gasteiger partial charge in [-0.25, -0.2) is 0 Å². The van der Waals surface area contributed by atoms with Gasteiger partial charge in [0.05, 0.1) is 13.5 Å². The highest BCUT2D eigenvalue weighted by Crippen LogP contribution is 2.19. The van der Waals surface area contributed by atoms with E-state index in [4.69, 9.17) is 4.74 Å². The third-order valence-electron chi connectivity index (χ3n) is 4.32. The molecule has 1 aromatic carbocycles. The van der Waals surface area contributed by atoms with E-state index in [1.165, 1.54) is 0 Å². The number of rotatable bonds is 4. The average molecular weight is 318 g/mol. The summed E-state index contributed by atoms with van der Waals surface area (Å²) in [6.45, 7) is 6.59. The maximum atomic E-state index is 12.5. The first-order valence-electron chi connectivity index (χ1n) is 8.24. The topological polar surface area (TPSA) is 49.9 Å². The van der Waals surface area contributed by atoms with Crippen molar-refractivity contribution in [3.05, 3.63) is 29.3 Å². The number of aryl methyl sites for hydroxylation is 1. The normalized spacial score (nSPS) is 15.3.